The first-order chi connectivity index (χ1) is 9.03. The van der Waals surface area contributed by atoms with Crippen LogP contribution >= 0.6 is 0 Å². The van der Waals surface area contributed by atoms with Gasteiger partial charge in [0.25, 0.3) is 0 Å². The second kappa shape index (κ2) is 5.90. The van der Waals surface area contributed by atoms with Gasteiger partial charge in [-0.3, -0.25) is 0 Å². The number of hydrogen-bond donors (Lipinski definition) is 1. The van der Waals surface area contributed by atoms with E-state index >= 15 is 0 Å². The monoisotopic (exact) mass is 266 g/mol. The molecule has 0 fully saturated rings. The minimum absolute atomic E-state index is 0.210. The van der Waals surface area contributed by atoms with Gasteiger partial charge in [0.2, 0.25) is 0 Å². The van der Waals surface area contributed by atoms with Gasteiger partial charge in [-0.1, -0.05) is 18.2 Å². The highest BCUT2D eigenvalue weighted by Gasteiger charge is 2.30. The number of aliphatic hydroxyl groups excluding tert-OH is 1. The predicted molar refractivity (Wildman–Crippen MR) is 72.3 cm³/mol. The minimum atomic E-state index is -0.629. The molecule has 19 heavy (non-hydrogen) atoms. The van der Waals surface area contributed by atoms with Crippen molar-refractivity contribution in [1.82, 2.24) is 0 Å². The van der Waals surface area contributed by atoms with Crippen molar-refractivity contribution in [2.75, 3.05) is 20.3 Å². The Kier molecular flexibility index (Phi) is 4.45. The van der Waals surface area contributed by atoms with E-state index in [2.05, 4.69) is 0 Å². The fourth-order valence-corrected chi connectivity index (χ4v) is 2.02. The van der Waals surface area contributed by atoms with E-state index in [4.69, 9.17) is 14.2 Å². The maximum absolute atomic E-state index is 10.3. The average molecular weight is 266 g/mol. The first-order valence-electron chi connectivity index (χ1n) is 6.60. The van der Waals surface area contributed by atoms with Gasteiger partial charge < -0.3 is 19.3 Å². The molecule has 0 spiro atoms. The van der Waals surface area contributed by atoms with Crippen LogP contribution in [0.1, 0.15) is 31.9 Å². The molecular weight excluding hydrogens is 244 g/mol. The molecule has 1 aliphatic heterocycles. The number of aliphatic hydroxyl groups is 1. The molecule has 0 saturated carbocycles. The van der Waals surface area contributed by atoms with Gasteiger partial charge in [0.05, 0.1) is 5.60 Å². The number of fused-ring (bicyclic) bond motifs is 1. The smallest absolute Gasteiger partial charge is 0.125 e. The van der Waals surface area contributed by atoms with E-state index in [1.807, 2.05) is 38.1 Å². The van der Waals surface area contributed by atoms with Crippen LogP contribution in [0.15, 0.2) is 24.3 Å². The van der Waals surface area contributed by atoms with Gasteiger partial charge in [-0.15, -0.1) is 0 Å². The van der Waals surface area contributed by atoms with Crippen molar-refractivity contribution < 1.29 is 19.3 Å². The Bertz CT molecular complexity index is 416. The van der Waals surface area contributed by atoms with Crippen molar-refractivity contribution >= 4 is 0 Å². The van der Waals surface area contributed by atoms with Crippen LogP contribution in [0.5, 0.6) is 5.75 Å². The van der Waals surface area contributed by atoms with Crippen molar-refractivity contribution in [3.05, 3.63) is 29.8 Å². The summed E-state index contributed by atoms with van der Waals surface area (Å²) in [6.07, 6.45) is -0.174. The van der Waals surface area contributed by atoms with E-state index in [9.17, 15) is 5.11 Å². The molecule has 0 radical (unpaired) electrons. The second-order valence-electron chi connectivity index (χ2n) is 5.42. The van der Waals surface area contributed by atoms with E-state index < -0.39 is 6.10 Å². The van der Waals surface area contributed by atoms with Crippen molar-refractivity contribution in [3.63, 3.8) is 0 Å². The van der Waals surface area contributed by atoms with Gasteiger partial charge in [0, 0.05) is 19.3 Å². The number of benzene rings is 1. The Morgan fingerprint density at radius 1 is 1.37 bits per heavy atom. The lowest BCUT2D eigenvalue weighted by atomic mass is 10.0. The molecule has 1 N–H and O–H groups in total. The first kappa shape index (κ1) is 14.3. The van der Waals surface area contributed by atoms with Gasteiger partial charge in [0.1, 0.15) is 24.6 Å². The van der Waals surface area contributed by atoms with Gasteiger partial charge in [-0.2, -0.15) is 0 Å². The van der Waals surface area contributed by atoms with Gasteiger partial charge in [-0.25, -0.2) is 0 Å². The van der Waals surface area contributed by atoms with E-state index in [1.54, 1.807) is 7.11 Å². The second-order valence-corrected chi connectivity index (χ2v) is 5.42. The Hall–Kier alpha value is -1.10. The number of methoxy groups -OCH3 is 1. The fourth-order valence-electron chi connectivity index (χ4n) is 2.02. The summed E-state index contributed by atoms with van der Waals surface area (Å²) in [6.45, 7) is 4.94. The Labute approximate surface area is 114 Å². The predicted octanol–water partition coefficient (Wildman–Crippen LogP) is 2.31. The maximum Gasteiger partial charge on any atom is 0.125 e. The molecule has 0 saturated heterocycles. The van der Waals surface area contributed by atoms with Crippen LogP contribution in [0, 0.1) is 0 Å². The minimum Gasteiger partial charge on any atom is -0.490 e. The maximum atomic E-state index is 10.3. The van der Waals surface area contributed by atoms with E-state index in [-0.39, 0.29) is 11.7 Å². The third-order valence-corrected chi connectivity index (χ3v) is 3.58. The molecule has 106 valence electrons. The molecule has 0 aliphatic carbocycles. The normalized spacial score (nSPS) is 22.7. The fraction of sp³-hybridized carbons (Fsp3) is 0.600. The van der Waals surface area contributed by atoms with E-state index in [1.165, 1.54) is 0 Å². The molecule has 2 atom stereocenters. The summed E-state index contributed by atoms with van der Waals surface area (Å²) in [5.41, 5.74) is 0.586. The summed E-state index contributed by atoms with van der Waals surface area (Å²) >= 11 is 0. The van der Waals surface area contributed by atoms with Gasteiger partial charge in [-0.05, 0) is 26.3 Å². The summed E-state index contributed by atoms with van der Waals surface area (Å²) in [7, 11) is 1.69. The average Bonchev–Trinajstić information content (AvgIpc) is 2.42. The van der Waals surface area contributed by atoms with Crippen LogP contribution in [0.3, 0.4) is 0 Å². The number of ether oxygens (including phenoxy) is 3. The van der Waals surface area contributed by atoms with E-state index in [0.717, 1.165) is 17.7 Å². The van der Waals surface area contributed by atoms with Crippen molar-refractivity contribution in [2.45, 2.75) is 38.1 Å². The lowest BCUT2D eigenvalue weighted by Gasteiger charge is -2.31. The van der Waals surface area contributed by atoms with Crippen LogP contribution in [0.25, 0.3) is 0 Å². The molecule has 0 aromatic heterocycles. The standard InChI is InChI=1S/C15H22O4/c1-15(2,17-3)8-9-18-13-10-19-12-7-5-4-6-11(12)14(13)16/h4-7,13-14,16H,8-10H2,1-3H3. The quantitative estimate of drug-likeness (QED) is 0.888. The van der Waals surface area contributed by atoms with Crippen molar-refractivity contribution in [3.8, 4) is 5.75 Å². The number of rotatable bonds is 5. The highest BCUT2D eigenvalue weighted by atomic mass is 16.5. The van der Waals surface area contributed by atoms with Crippen LogP contribution in [0.2, 0.25) is 0 Å². The molecule has 1 aromatic rings. The summed E-state index contributed by atoms with van der Waals surface area (Å²) in [6, 6.07) is 7.52. The highest BCUT2D eigenvalue weighted by molar-refractivity contribution is 5.37. The zero-order valence-corrected chi connectivity index (χ0v) is 11.8. The molecule has 1 aromatic carbocycles. The molecule has 2 unspecified atom stereocenters. The van der Waals surface area contributed by atoms with Crippen LogP contribution in [-0.4, -0.2) is 37.1 Å². The molecule has 1 heterocycles. The number of para-hydroxylation sites is 1. The van der Waals surface area contributed by atoms with Crippen LogP contribution in [-0.2, 0) is 9.47 Å². The molecule has 4 nitrogen and oxygen atoms in total. The zero-order chi connectivity index (χ0) is 13.9. The summed E-state index contributed by atoms with van der Waals surface area (Å²) in [5, 5.41) is 10.3. The molecule has 0 amide bonds. The largest absolute Gasteiger partial charge is 0.490 e. The first-order valence-corrected chi connectivity index (χ1v) is 6.60. The highest BCUT2D eigenvalue weighted by Crippen LogP contribution is 2.33. The Morgan fingerprint density at radius 3 is 2.84 bits per heavy atom. The SMILES string of the molecule is COC(C)(C)CCOC1COc2ccccc2C1O. The third kappa shape index (κ3) is 3.47. The molecular formula is C15H22O4. The topological polar surface area (TPSA) is 47.9 Å². The lowest BCUT2D eigenvalue weighted by molar-refractivity contribution is -0.0889. The van der Waals surface area contributed by atoms with Gasteiger partial charge >= 0.3 is 0 Å². The molecule has 0 bridgehead atoms. The molecule has 4 heteroatoms. The van der Waals surface area contributed by atoms with Gasteiger partial charge in [0.15, 0.2) is 0 Å². The van der Waals surface area contributed by atoms with E-state index in [0.29, 0.717) is 13.2 Å². The molecule has 2 rings (SSSR count). The Balaban J connectivity index is 1.90. The summed E-state index contributed by atoms with van der Waals surface area (Å²) in [4.78, 5) is 0. The summed E-state index contributed by atoms with van der Waals surface area (Å²) in [5.74, 6) is 0.743. The summed E-state index contributed by atoms with van der Waals surface area (Å²) < 4.78 is 16.7. The Morgan fingerprint density at radius 2 is 2.11 bits per heavy atom. The van der Waals surface area contributed by atoms with Crippen molar-refractivity contribution in [1.29, 1.82) is 0 Å². The van der Waals surface area contributed by atoms with Crippen LogP contribution < -0.4 is 4.74 Å². The molecule has 1 aliphatic rings. The lowest BCUT2D eigenvalue weighted by Crippen LogP contribution is -2.35. The van der Waals surface area contributed by atoms with Crippen molar-refractivity contribution in [2.24, 2.45) is 0 Å². The third-order valence-electron chi connectivity index (χ3n) is 3.58. The number of hydrogen-bond acceptors (Lipinski definition) is 4. The zero-order valence-electron chi connectivity index (χ0n) is 11.8. The van der Waals surface area contributed by atoms with Crippen LogP contribution in [0.4, 0.5) is 0 Å².